The Kier molecular flexibility index (Phi) is 5.98. The van der Waals surface area contributed by atoms with Gasteiger partial charge >= 0.3 is 0 Å². The molecule has 2 heterocycles. The summed E-state index contributed by atoms with van der Waals surface area (Å²) in [5.41, 5.74) is 0.921. The SMILES string of the molecule is CSc1sc(NC(=O)CC(NC(C)=O)c2cccs2)nc1C. The third kappa shape index (κ3) is 4.56. The van der Waals surface area contributed by atoms with Crippen LogP contribution in [0.4, 0.5) is 5.13 Å². The van der Waals surface area contributed by atoms with Crippen LogP contribution in [0.1, 0.15) is 30.0 Å². The molecule has 5 nitrogen and oxygen atoms in total. The molecular weight excluding hydrogens is 338 g/mol. The van der Waals surface area contributed by atoms with E-state index in [-0.39, 0.29) is 24.3 Å². The van der Waals surface area contributed by atoms with Crippen molar-refractivity contribution in [2.24, 2.45) is 0 Å². The quantitative estimate of drug-likeness (QED) is 0.779. The minimum absolute atomic E-state index is 0.152. The third-order valence-electron chi connectivity index (χ3n) is 2.84. The lowest BCUT2D eigenvalue weighted by Gasteiger charge is -2.15. The Morgan fingerprint density at radius 1 is 1.45 bits per heavy atom. The van der Waals surface area contributed by atoms with Gasteiger partial charge in [0.15, 0.2) is 5.13 Å². The maximum atomic E-state index is 12.2. The van der Waals surface area contributed by atoms with Gasteiger partial charge < -0.3 is 10.6 Å². The first-order valence-electron chi connectivity index (χ1n) is 6.61. The maximum absolute atomic E-state index is 12.2. The third-order valence-corrected chi connectivity index (χ3v) is 6.11. The molecule has 1 atom stereocenters. The number of thiazole rings is 1. The molecule has 0 radical (unpaired) electrons. The summed E-state index contributed by atoms with van der Waals surface area (Å²) in [6.07, 6.45) is 2.17. The summed E-state index contributed by atoms with van der Waals surface area (Å²) in [7, 11) is 0. The summed E-state index contributed by atoms with van der Waals surface area (Å²) in [6.45, 7) is 3.37. The highest BCUT2D eigenvalue weighted by atomic mass is 32.2. The van der Waals surface area contributed by atoms with Gasteiger partial charge in [0, 0.05) is 11.8 Å². The fourth-order valence-electron chi connectivity index (χ4n) is 1.94. The van der Waals surface area contributed by atoms with Crippen molar-refractivity contribution in [2.45, 2.75) is 30.5 Å². The van der Waals surface area contributed by atoms with Gasteiger partial charge in [0.05, 0.1) is 22.4 Å². The van der Waals surface area contributed by atoms with Gasteiger partial charge in [0.1, 0.15) is 0 Å². The summed E-state index contributed by atoms with van der Waals surface area (Å²) in [6, 6.07) is 3.51. The standard InChI is InChI=1S/C14H17N3O2S3/c1-8-13(20-3)22-14(15-8)17-12(19)7-10(16-9(2)18)11-5-4-6-21-11/h4-6,10H,7H2,1-3H3,(H,16,18)(H,15,17,19). The fourth-order valence-corrected chi connectivity index (χ4v) is 4.34. The van der Waals surface area contributed by atoms with Crippen molar-refractivity contribution in [2.75, 3.05) is 11.6 Å². The van der Waals surface area contributed by atoms with Gasteiger partial charge in [-0.05, 0) is 24.6 Å². The first-order chi connectivity index (χ1) is 10.5. The van der Waals surface area contributed by atoms with E-state index in [0.717, 1.165) is 14.8 Å². The van der Waals surface area contributed by atoms with Gasteiger partial charge in [-0.15, -0.1) is 23.1 Å². The molecule has 0 aliphatic rings. The average molecular weight is 356 g/mol. The van der Waals surface area contributed by atoms with Crippen LogP contribution in [0, 0.1) is 6.92 Å². The maximum Gasteiger partial charge on any atom is 0.228 e. The Labute approximate surface area is 141 Å². The molecule has 118 valence electrons. The number of nitrogens with zero attached hydrogens (tertiary/aromatic N) is 1. The van der Waals surface area contributed by atoms with Crippen LogP contribution >= 0.6 is 34.4 Å². The van der Waals surface area contributed by atoms with E-state index in [1.165, 1.54) is 29.6 Å². The van der Waals surface area contributed by atoms with Crippen LogP contribution in [0.15, 0.2) is 21.7 Å². The molecule has 2 amide bonds. The zero-order valence-corrected chi connectivity index (χ0v) is 15.0. The number of anilines is 1. The molecule has 2 aromatic rings. The van der Waals surface area contributed by atoms with E-state index in [2.05, 4.69) is 15.6 Å². The topological polar surface area (TPSA) is 71.1 Å². The van der Waals surface area contributed by atoms with Crippen LogP contribution < -0.4 is 10.6 Å². The Morgan fingerprint density at radius 2 is 2.23 bits per heavy atom. The zero-order valence-electron chi connectivity index (χ0n) is 12.5. The Balaban J connectivity index is 2.02. The number of rotatable bonds is 6. The number of thioether (sulfide) groups is 1. The fraction of sp³-hybridized carbons (Fsp3) is 0.357. The van der Waals surface area contributed by atoms with Gasteiger partial charge in [-0.25, -0.2) is 4.98 Å². The number of amides is 2. The van der Waals surface area contributed by atoms with E-state index in [9.17, 15) is 9.59 Å². The molecule has 0 spiro atoms. The van der Waals surface area contributed by atoms with E-state index in [0.29, 0.717) is 5.13 Å². The summed E-state index contributed by atoms with van der Waals surface area (Å²) in [5.74, 6) is -0.311. The molecule has 2 aromatic heterocycles. The number of thiophene rings is 1. The number of aromatic nitrogens is 1. The molecule has 1 unspecified atom stereocenters. The van der Waals surface area contributed by atoms with Crippen LogP contribution in [0.3, 0.4) is 0 Å². The summed E-state index contributed by atoms with van der Waals surface area (Å²) in [5, 5.41) is 8.15. The van der Waals surface area contributed by atoms with Crippen molar-refractivity contribution in [3.63, 3.8) is 0 Å². The van der Waals surface area contributed by atoms with Gasteiger partial charge in [-0.3, -0.25) is 9.59 Å². The van der Waals surface area contributed by atoms with Crippen LogP contribution in [-0.4, -0.2) is 23.1 Å². The highest BCUT2D eigenvalue weighted by Crippen LogP contribution is 2.30. The minimum atomic E-state index is -0.307. The number of carbonyl (C=O) groups is 2. The van der Waals surface area contributed by atoms with Crippen LogP contribution in [0.25, 0.3) is 0 Å². The first-order valence-corrected chi connectivity index (χ1v) is 9.53. The lowest BCUT2D eigenvalue weighted by molar-refractivity contribution is -0.120. The van der Waals surface area contributed by atoms with Gasteiger partial charge in [0.25, 0.3) is 0 Å². The monoisotopic (exact) mass is 355 g/mol. The number of hydrogen-bond donors (Lipinski definition) is 2. The van der Waals surface area contributed by atoms with E-state index in [1.807, 2.05) is 30.7 Å². The Bertz CT molecular complexity index is 652. The Morgan fingerprint density at radius 3 is 2.77 bits per heavy atom. The first kappa shape index (κ1) is 17.0. The van der Waals surface area contributed by atoms with Crippen molar-refractivity contribution in [1.82, 2.24) is 10.3 Å². The van der Waals surface area contributed by atoms with Gasteiger partial charge in [-0.1, -0.05) is 17.4 Å². The van der Waals surface area contributed by atoms with Crippen molar-refractivity contribution in [3.05, 3.63) is 28.1 Å². The highest BCUT2D eigenvalue weighted by molar-refractivity contribution is 8.00. The second-order valence-electron chi connectivity index (χ2n) is 4.62. The zero-order chi connectivity index (χ0) is 16.1. The van der Waals surface area contributed by atoms with E-state index in [1.54, 1.807) is 11.8 Å². The van der Waals surface area contributed by atoms with E-state index < -0.39 is 0 Å². The summed E-state index contributed by atoms with van der Waals surface area (Å²) < 4.78 is 1.09. The second-order valence-corrected chi connectivity index (χ2v) is 7.67. The van der Waals surface area contributed by atoms with Crippen LogP contribution in [0.5, 0.6) is 0 Å². The van der Waals surface area contributed by atoms with Crippen molar-refractivity contribution in [3.8, 4) is 0 Å². The normalized spacial score (nSPS) is 12.0. The minimum Gasteiger partial charge on any atom is -0.348 e. The molecule has 22 heavy (non-hydrogen) atoms. The molecule has 0 fully saturated rings. The smallest absolute Gasteiger partial charge is 0.228 e. The predicted molar refractivity (Wildman–Crippen MR) is 92.8 cm³/mol. The van der Waals surface area contributed by atoms with E-state index in [4.69, 9.17) is 0 Å². The van der Waals surface area contributed by atoms with Crippen molar-refractivity contribution in [1.29, 1.82) is 0 Å². The second kappa shape index (κ2) is 7.75. The number of hydrogen-bond acceptors (Lipinski definition) is 6. The van der Waals surface area contributed by atoms with Crippen LogP contribution in [-0.2, 0) is 9.59 Å². The lowest BCUT2D eigenvalue weighted by atomic mass is 10.1. The van der Waals surface area contributed by atoms with Crippen molar-refractivity contribution >= 4 is 51.4 Å². The van der Waals surface area contributed by atoms with Crippen LogP contribution in [0.2, 0.25) is 0 Å². The summed E-state index contributed by atoms with van der Waals surface area (Å²) in [4.78, 5) is 28.8. The van der Waals surface area contributed by atoms with Crippen molar-refractivity contribution < 1.29 is 9.59 Å². The molecule has 2 N–H and O–H groups in total. The number of carbonyl (C=O) groups excluding carboxylic acids is 2. The molecule has 0 aromatic carbocycles. The number of aryl methyl sites for hydroxylation is 1. The Hall–Kier alpha value is -1.38. The molecule has 0 bridgehead atoms. The predicted octanol–water partition coefficient (Wildman–Crippen LogP) is 3.44. The highest BCUT2D eigenvalue weighted by Gasteiger charge is 2.19. The molecule has 2 rings (SSSR count). The largest absolute Gasteiger partial charge is 0.348 e. The molecule has 0 aliphatic carbocycles. The summed E-state index contributed by atoms with van der Waals surface area (Å²) >= 11 is 4.59. The lowest BCUT2D eigenvalue weighted by Crippen LogP contribution is -2.29. The van der Waals surface area contributed by atoms with Gasteiger partial charge in [0.2, 0.25) is 11.8 Å². The van der Waals surface area contributed by atoms with Gasteiger partial charge in [-0.2, -0.15) is 0 Å². The molecule has 0 saturated heterocycles. The molecular formula is C14H17N3O2S3. The number of nitrogens with one attached hydrogen (secondary N) is 2. The molecule has 8 heteroatoms. The molecule has 0 aliphatic heterocycles. The van der Waals surface area contributed by atoms with E-state index >= 15 is 0 Å². The molecule has 0 saturated carbocycles. The average Bonchev–Trinajstić information content (AvgIpc) is 3.07.